The number of ether oxygens (including phenoxy) is 1. The molecular weight excluding hydrogens is 410 g/mol. The Hall–Kier alpha value is -2.94. The Morgan fingerprint density at radius 1 is 1.09 bits per heavy atom. The third-order valence-electron chi connectivity index (χ3n) is 4.56. The third-order valence-corrected chi connectivity index (χ3v) is 4.56. The van der Waals surface area contributed by atoms with Crippen molar-refractivity contribution in [3.8, 4) is 0 Å². The van der Waals surface area contributed by atoms with Gasteiger partial charge in [-0.25, -0.2) is 15.1 Å². The Morgan fingerprint density at radius 3 is 2.28 bits per heavy atom. The van der Waals surface area contributed by atoms with Crippen LogP contribution in [0.5, 0.6) is 0 Å². The van der Waals surface area contributed by atoms with Crippen LogP contribution in [0, 0.1) is 5.92 Å². The number of hydrazone groups is 1. The molecule has 1 aromatic carbocycles. The second-order valence-electron chi connectivity index (χ2n) is 8.97. The summed E-state index contributed by atoms with van der Waals surface area (Å²) in [5.74, 6) is -1.85. The van der Waals surface area contributed by atoms with E-state index in [1.165, 1.54) is 5.56 Å². The average Bonchev–Trinajstić information content (AvgIpc) is 2.71. The molecule has 0 heterocycles. The van der Waals surface area contributed by atoms with E-state index in [1.54, 1.807) is 34.6 Å². The van der Waals surface area contributed by atoms with Crippen LogP contribution in [0.15, 0.2) is 35.4 Å². The molecule has 5 N–H and O–H groups in total. The molecule has 32 heavy (non-hydrogen) atoms. The van der Waals surface area contributed by atoms with Crippen LogP contribution in [0.2, 0.25) is 0 Å². The van der Waals surface area contributed by atoms with Crippen LogP contribution in [0.1, 0.15) is 65.9 Å². The van der Waals surface area contributed by atoms with Crippen LogP contribution in [0.3, 0.4) is 0 Å². The maximum Gasteiger partial charge on any atom is 0.428 e. The summed E-state index contributed by atoms with van der Waals surface area (Å²) < 4.78 is 5.08. The van der Waals surface area contributed by atoms with Crippen molar-refractivity contribution in [3.05, 3.63) is 35.9 Å². The van der Waals surface area contributed by atoms with Crippen molar-refractivity contribution in [2.75, 3.05) is 0 Å². The number of carbonyl (C=O) groups excluding carboxylic acids is 3. The van der Waals surface area contributed by atoms with E-state index in [9.17, 15) is 14.4 Å². The monoisotopic (exact) mass is 447 g/mol. The number of hydrogen-bond donors (Lipinski definition) is 3. The molecule has 9 heteroatoms. The minimum absolute atomic E-state index is 0.105. The van der Waals surface area contributed by atoms with Gasteiger partial charge in [0.05, 0.1) is 6.04 Å². The normalized spacial score (nSPS) is 12.9. The van der Waals surface area contributed by atoms with Crippen molar-refractivity contribution < 1.29 is 19.1 Å². The Morgan fingerprint density at radius 2 is 1.72 bits per heavy atom. The summed E-state index contributed by atoms with van der Waals surface area (Å²) in [6.45, 7) is 8.61. The largest absolute Gasteiger partial charge is 0.443 e. The molecule has 1 unspecified atom stereocenters. The van der Waals surface area contributed by atoms with E-state index in [-0.39, 0.29) is 12.3 Å². The Labute approximate surface area is 190 Å². The number of amides is 3. The van der Waals surface area contributed by atoms with E-state index in [0.29, 0.717) is 6.42 Å². The number of nitrogens with two attached hydrogens (primary N) is 2. The zero-order chi connectivity index (χ0) is 24.3. The zero-order valence-electron chi connectivity index (χ0n) is 19.8. The molecule has 1 rings (SSSR count). The number of carbonyl (C=O) groups is 3. The van der Waals surface area contributed by atoms with Gasteiger partial charge in [-0.15, -0.1) is 5.10 Å². The van der Waals surface area contributed by atoms with Crippen LogP contribution in [0.25, 0.3) is 0 Å². The van der Waals surface area contributed by atoms with Gasteiger partial charge in [-0.1, -0.05) is 50.6 Å². The molecule has 0 fully saturated rings. The molecule has 0 saturated heterocycles. The van der Waals surface area contributed by atoms with Crippen molar-refractivity contribution in [1.29, 1.82) is 0 Å². The molecule has 0 aliphatic rings. The molecule has 1 atom stereocenters. The fourth-order valence-electron chi connectivity index (χ4n) is 2.79. The molecule has 1 aromatic rings. The van der Waals surface area contributed by atoms with E-state index in [0.717, 1.165) is 24.2 Å². The van der Waals surface area contributed by atoms with Crippen LogP contribution in [0.4, 0.5) is 4.79 Å². The Balaban J connectivity index is 2.75. The predicted molar refractivity (Wildman–Crippen MR) is 124 cm³/mol. The second kappa shape index (κ2) is 12.8. The first kappa shape index (κ1) is 27.1. The number of hydrogen-bond acceptors (Lipinski definition) is 6. The van der Waals surface area contributed by atoms with Gasteiger partial charge in [-0.3, -0.25) is 9.59 Å². The van der Waals surface area contributed by atoms with Gasteiger partial charge < -0.3 is 16.2 Å². The highest BCUT2D eigenvalue weighted by Crippen LogP contribution is 2.11. The first-order valence-electron chi connectivity index (χ1n) is 10.9. The lowest BCUT2D eigenvalue weighted by Crippen LogP contribution is -2.54. The first-order valence-corrected chi connectivity index (χ1v) is 10.9. The standard InChI is InChI=1S/C23H37N5O4/c1-16(2)19(24)20(30)28(21(25)26-27-22(31)32-23(3,4)5)18(29)15-11-7-10-14-17-12-8-6-9-13-17/h6,8-9,12-13,16,19H,7,10-11,14-15,24H2,1-5H3,(H2,25,26)(H,27,31). The lowest BCUT2D eigenvalue weighted by molar-refractivity contribution is -0.141. The van der Waals surface area contributed by atoms with E-state index < -0.39 is 35.5 Å². The summed E-state index contributed by atoms with van der Waals surface area (Å²) in [5, 5.41) is 3.68. The van der Waals surface area contributed by atoms with Crippen LogP contribution < -0.4 is 16.9 Å². The van der Waals surface area contributed by atoms with Crippen LogP contribution in [-0.4, -0.2) is 40.4 Å². The minimum Gasteiger partial charge on any atom is -0.443 e. The number of unbranched alkanes of at least 4 members (excludes halogenated alkanes) is 2. The molecule has 178 valence electrons. The maximum atomic E-state index is 12.8. The highest BCUT2D eigenvalue weighted by atomic mass is 16.6. The fraction of sp³-hybridized carbons (Fsp3) is 0.565. The van der Waals surface area contributed by atoms with Crippen molar-refractivity contribution in [2.45, 2.75) is 78.4 Å². The number of nitrogens with zero attached hydrogens (tertiary/aromatic N) is 2. The summed E-state index contributed by atoms with van der Waals surface area (Å²) in [4.78, 5) is 38.2. The lowest BCUT2D eigenvalue weighted by atomic mass is 10.0. The van der Waals surface area contributed by atoms with E-state index in [4.69, 9.17) is 16.2 Å². The molecule has 9 nitrogen and oxygen atoms in total. The van der Waals surface area contributed by atoms with Crippen molar-refractivity contribution >= 4 is 23.9 Å². The van der Waals surface area contributed by atoms with Crippen molar-refractivity contribution in [3.63, 3.8) is 0 Å². The number of guanidine groups is 1. The molecule has 0 aliphatic heterocycles. The highest BCUT2D eigenvalue weighted by molar-refractivity contribution is 6.12. The Bertz CT molecular complexity index is 787. The van der Waals surface area contributed by atoms with Gasteiger partial charge in [-0.05, 0) is 51.5 Å². The van der Waals surface area contributed by atoms with Crippen LogP contribution >= 0.6 is 0 Å². The first-order chi connectivity index (χ1) is 14.9. The Kier molecular flexibility index (Phi) is 10.8. The molecule has 0 saturated carbocycles. The molecule has 0 aliphatic carbocycles. The quantitative estimate of drug-likeness (QED) is 0.230. The highest BCUT2D eigenvalue weighted by Gasteiger charge is 2.31. The second-order valence-corrected chi connectivity index (χ2v) is 8.97. The summed E-state index contributed by atoms with van der Waals surface area (Å²) in [6.07, 6.45) is 2.48. The predicted octanol–water partition coefficient (Wildman–Crippen LogP) is 2.88. The van der Waals surface area contributed by atoms with Gasteiger partial charge in [0.25, 0.3) is 5.91 Å². The number of benzene rings is 1. The van der Waals surface area contributed by atoms with Crippen molar-refractivity contribution in [1.82, 2.24) is 10.3 Å². The van der Waals surface area contributed by atoms with Gasteiger partial charge in [-0.2, -0.15) is 0 Å². The van der Waals surface area contributed by atoms with Gasteiger partial charge in [0.1, 0.15) is 5.60 Å². The number of nitrogens with one attached hydrogen (secondary N) is 1. The molecule has 3 amide bonds. The lowest BCUT2D eigenvalue weighted by Gasteiger charge is -2.25. The number of aryl methyl sites for hydroxylation is 1. The molecule has 0 bridgehead atoms. The molecular formula is C23H37N5O4. The van der Waals surface area contributed by atoms with Crippen molar-refractivity contribution in [2.24, 2.45) is 22.5 Å². The smallest absolute Gasteiger partial charge is 0.428 e. The van der Waals surface area contributed by atoms with Crippen LogP contribution in [-0.2, 0) is 20.7 Å². The number of imide groups is 1. The SMILES string of the molecule is CC(C)C(N)C(=O)N(C(=O)CCCCCc1ccccc1)C(N)=NNC(=O)OC(C)(C)C. The minimum atomic E-state index is -0.938. The van der Waals surface area contributed by atoms with Gasteiger partial charge in [0.2, 0.25) is 11.9 Å². The summed E-state index contributed by atoms with van der Waals surface area (Å²) in [6, 6.07) is 9.15. The summed E-state index contributed by atoms with van der Waals surface area (Å²) in [7, 11) is 0. The fourth-order valence-corrected chi connectivity index (χ4v) is 2.79. The van der Waals surface area contributed by atoms with Gasteiger partial charge in [0, 0.05) is 6.42 Å². The molecule has 0 radical (unpaired) electrons. The molecule has 0 spiro atoms. The number of rotatable bonds is 9. The summed E-state index contributed by atoms with van der Waals surface area (Å²) in [5.41, 5.74) is 14.4. The maximum absolute atomic E-state index is 12.8. The van der Waals surface area contributed by atoms with Gasteiger partial charge >= 0.3 is 6.09 Å². The average molecular weight is 448 g/mol. The summed E-state index contributed by atoms with van der Waals surface area (Å²) >= 11 is 0. The third kappa shape index (κ3) is 9.91. The van der Waals surface area contributed by atoms with Gasteiger partial charge in [0.15, 0.2) is 0 Å². The van der Waals surface area contributed by atoms with E-state index in [2.05, 4.69) is 22.7 Å². The van der Waals surface area contributed by atoms with E-state index >= 15 is 0 Å². The van der Waals surface area contributed by atoms with E-state index in [1.807, 2.05) is 18.2 Å². The zero-order valence-corrected chi connectivity index (χ0v) is 19.8. The topological polar surface area (TPSA) is 140 Å². The molecule has 0 aromatic heterocycles.